The van der Waals surface area contributed by atoms with Crippen molar-refractivity contribution in [1.29, 1.82) is 0 Å². The minimum Gasteiger partial charge on any atom is -0.491 e. The average molecular weight is 641 g/mol. The first-order valence-electron chi connectivity index (χ1n) is 13.1. The van der Waals surface area contributed by atoms with Gasteiger partial charge in [0.15, 0.2) is 0 Å². The van der Waals surface area contributed by atoms with E-state index in [4.69, 9.17) is 9.84 Å². The highest BCUT2D eigenvalue weighted by atomic mass is 79.9. The second kappa shape index (κ2) is 12.4. The SMILES string of the molecule is C[C@@H](c1ccccc1)[C@@H](c1ncc(-c2c(F)cc(Br)cc2F)[nH]1)N1C(=O)N[C@H](c2ccc(OC[C@H](O)CO)cc2)C1=O. The molecule has 1 aromatic heterocycles. The maximum absolute atomic E-state index is 14.8. The van der Waals surface area contributed by atoms with Gasteiger partial charge in [0.05, 0.1) is 24.1 Å². The molecule has 4 atom stereocenters. The highest BCUT2D eigenvalue weighted by Gasteiger charge is 2.46. The molecule has 1 aliphatic rings. The number of nitrogens with zero attached hydrogens (tertiary/aromatic N) is 2. The molecule has 2 heterocycles. The minimum absolute atomic E-state index is 0.0586. The van der Waals surface area contributed by atoms with E-state index in [1.165, 1.54) is 6.20 Å². The van der Waals surface area contributed by atoms with E-state index in [2.05, 4.69) is 31.2 Å². The Morgan fingerprint density at radius 3 is 2.38 bits per heavy atom. The van der Waals surface area contributed by atoms with Crippen molar-refractivity contribution in [2.24, 2.45) is 0 Å². The number of hydrogen-bond donors (Lipinski definition) is 4. The molecule has 42 heavy (non-hydrogen) atoms. The number of imidazole rings is 1. The number of halogens is 3. The second-order valence-corrected chi connectivity index (χ2v) is 10.8. The van der Waals surface area contributed by atoms with E-state index in [0.29, 0.717) is 11.3 Å². The van der Waals surface area contributed by atoms with Gasteiger partial charge in [-0.15, -0.1) is 0 Å². The third-order valence-corrected chi connectivity index (χ3v) is 7.52. The lowest BCUT2D eigenvalue weighted by Gasteiger charge is -2.29. The summed E-state index contributed by atoms with van der Waals surface area (Å²) in [6.45, 7) is 1.29. The molecule has 218 valence electrons. The van der Waals surface area contributed by atoms with E-state index in [9.17, 15) is 23.5 Å². The standard InChI is InChI=1S/C30H27BrF2N4O5/c1-16(17-5-3-2-4-6-17)27(28-34-13-24(35-28)25-22(32)11-19(31)12-23(25)33)37-29(40)26(36-30(37)41)18-7-9-21(10-8-18)42-15-20(39)14-38/h2-13,16,20,26-27,38-39H,14-15H2,1H3,(H,34,35)(H,36,41)/t16-,20+,26+,27-/m0/s1. The van der Waals surface area contributed by atoms with Gasteiger partial charge in [0.25, 0.3) is 5.91 Å². The molecule has 0 radical (unpaired) electrons. The van der Waals surface area contributed by atoms with Crippen LogP contribution in [0.15, 0.2) is 77.4 Å². The van der Waals surface area contributed by atoms with Crippen LogP contribution in [0.5, 0.6) is 5.75 Å². The second-order valence-electron chi connectivity index (χ2n) is 9.88. The maximum atomic E-state index is 14.8. The normalized spacial score (nSPS) is 17.2. The summed E-state index contributed by atoms with van der Waals surface area (Å²) >= 11 is 3.08. The Kier molecular flexibility index (Phi) is 8.66. The number of ether oxygens (including phenoxy) is 1. The van der Waals surface area contributed by atoms with Crippen LogP contribution in [-0.4, -0.2) is 56.3 Å². The van der Waals surface area contributed by atoms with Crippen molar-refractivity contribution in [3.63, 3.8) is 0 Å². The van der Waals surface area contributed by atoms with Gasteiger partial charge in [-0.3, -0.25) is 9.69 Å². The highest BCUT2D eigenvalue weighted by molar-refractivity contribution is 9.10. The van der Waals surface area contributed by atoms with Crippen LogP contribution in [0.25, 0.3) is 11.3 Å². The van der Waals surface area contributed by atoms with Gasteiger partial charge in [-0.2, -0.15) is 0 Å². The fourth-order valence-corrected chi connectivity index (χ4v) is 5.32. The monoisotopic (exact) mass is 640 g/mol. The topological polar surface area (TPSA) is 128 Å². The molecule has 0 saturated carbocycles. The van der Waals surface area contributed by atoms with Crippen molar-refractivity contribution in [2.75, 3.05) is 13.2 Å². The molecule has 0 bridgehead atoms. The summed E-state index contributed by atoms with van der Waals surface area (Å²) in [5.74, 6) is -2.01. The van der Waals surface area contributed by atoms with Crippen LogP contribution in [0, 0.1) is 11.6 Å². The Balaban J connectivity index is 1.48. The van der Waals surface area contributed by atoms with Crippen LogP contribution in [0.4, 0.5) is 13.6 Å². The molecule has 9 nitrogen and oxygen atoms in total. The lowest BCUT2D eigenvalue weighted by Crippen LogP contribution is -2.38. The quantitative estimate of drug-likeness (QED) is 0.181. The lowest BCUT2D eigenvalue weighted by molar-refractivity contribution is -0.129. The van der Waals surface area contributed by atoms with Crippen LogP contribution >= 0.6 is 15.9 Å². The molecule has 12 heteroatoms. The van der Waals surface area contributed by atoms with Crippen molar-refractivity contribution in [2.45, 2.75) is 31.0 Å². The predicted octanol–water partition coefficient (Wildman–Crippen LogP) is 4.99. The van der Waals surface area contributed by atoms with Crippen LogP contribution in [0.3, 0.4) is 0 Å². The Morgan fingerprint density at radius 2 is 1.74 bits per heavy atom. The van der Waals surface area contributed by atoms with Crippen molar-refractivity contribution in [3.8, 4) is 17.0 Å². The van der Waals surface area contributed by atoms with E-state index < -0.39 is 54.3 Å². The van der Waals surface area contributed by atoms with Crippen LogP contribution in [0.1, 0.15) is 41.9 Å². The summed E-state index contributed by atoms with van der Waals surface area (Å²) in [5, 5.41) is 21.2. The first kappa shape index (κ1) is 29.4. The number of aromatic nitrogens is 2. The molecule has 1 fully saturated rings. The summed E-state index contributed by atoms with van der Waals surface area (Å²) in [5.41, 5.74) is 1.06. The van der Waals surface area contributed by atoms with E-state index >= 15 is 0 Å². The zero-order chi connectivity index (χ0) is 30.0. The zero-order valence-electron chi connectivity index (χ0n) is 22.3. The fourth-order valence-electron chi connectivity index (χ4n) is 4.92. The Labute approximate surface area is 248 Å². The van der Waals surface area contributed by atoms with E-state index in [0.717, 1.165) is 22.6 Å². The number of amides is 3. The number of rotatable bonds is 10. The maximum Gasteiger partial charge on any atom is 0.325 e. The number of hydrogen-bond acceptors (Lipinski definition) is 6. The molecule has 0 aliphatic carbocycles. The van der Waals surface area contributed by atoms with Gasteiger partial charge in [-0.25, -0.2) is 18.6 Å². The molecule has 3 aromatic carbocycles. The molecular weight excluding hydrogens is 614 g/mol. The number of nitrogens with one attached hydrogen (secondary N) is 2. The van der Waals surface area contributed by atoms with Gasteiger partial charge in [0, 0.05) is 10.4 Å². The summed E-state index contributed by atoms with van der Waals surface area (Å²) in [6, 6.07) is 15.3. The van der Waals surface area contributed by atoms with Gasteiger partial charge in [0.1, 0.15) is 48.0 Å². The first-order valence-corrected chi connectivity index (χ1v) is 13.9. The third kappa shape index (κ3) is 5.91. The van der Waals surface area contributed by atoms with Crippen molar-refractivity contribution in [3.05, 3.63) is 106 Å². The van der Waals surface area contributed by atoms with Gasteiger partial charge >= 0.3 is 6.03 Å². The Morgan fingerprint density at radius 1 is 1.07 bits per heavy atom. The molecule has 5 rings (SSSR count). The van der Waals surface area contributed by atoms with E-state index in [-0.39, 0.29) is 28.2 Å². The van der Waals surface area contributed by atoms with Crippen molar-refractivity contribution < 1.29 is 33.3 Å². The summed E-state index contributed by atoms with van der Waals surface area (Å²) in [4.78, 5) is 35.6. The number of benzene rings is 3. The average Bonchev–Trinajstić information content (AvgIpc) is 3.56. The van der Waals surface area contributed by atoms with E-state index in [1.807, 2.05) is 37.3 Å². The van der Waals surface area contributed by atoms with Gasteiger partial charge < -0.3 is 25.3 Å². The van der Waals surface area contributed by atoms with Gasteiger partial charge in [-0.1, -0.05) is 65.3 Å². The molecule has 1 aliphatic heterocycles. The molecular formula is C30H27BrF2N4O5. The highest BCUT2D eigenvalue weighted by Crippen LogP contribution is 2.40. The number of H-pyrrole nitrogens is 1. The third-order valence-electron chi connectivity index (χ3n) is 7.07. The van der Waals surface area contributed by atoms with Crippen molar-refractivity contribution in [1.82, 2.24) is 20.2 Å². The molecule has 3 amide bonds. The smallest absolute Gasteiger partial charge is 0.325 e. The van der Waals surface area contributed by atoms with Gasteiger partial charge in [0.2, 0.25) is 0 Å². The molecule has 1 saturated heterocycles. The molecule has 4 N–H and O–H groups in total. The fraction of sp³-hybridized carbons (Fsp3) is 0.233. The van der Waals surface area contributed by atoms with Crippen LogP contribution in [0.2, 0.25) is 0 Å². The van der Waals surface area contributed by atoms with Crippen LogP contribution in [-0.2, 0) is 4.79 Å². The first-order chi connectivity index (χ1) is 20.2. The number of carbonyl (C=O) groups excluding carboxylic acids is 2. The predicted molar refractivity (Wildman–Crippen MR) is 152 cm³/mol. The summed E-state index contributed by atoms with van der Waals surface area (Å²) in [6.07, 6.45) is 0.244. The molecule has 0 unspecified atom stereocenters. The Hall–Kier alpha value is -4.13. The van der Waals surface area contributed by atoms with E-state index in [1.54, 1.807) is 24.3 Å². The van der Waals surface area contributed by atoms with Gasteiger partial charge in [-0.05, 0) is 35.4 Å². The minimum atomic E-state index is -1.03. The lowest BCUT2D eigenvalue weighted by atomic mass is 9.91. The molecule has 4 aromatic rings. The number of urea groups is 1. The number of aliphatic hydroxyl groups excluding tert-OH is 2. The Bertz CT molecular complexity index is 1560. The number of carbonyl (C=O) groups is 2. The number of aliphatic hydroxyl groups is 2. The number of aromatic amines is 1. The van der Waals surface area contributed by atoms with Crippen molar-refractivity contribution >= 4 is 27.9 Å². The summed E-state index contributed by atoms with van der Waals surface area (Å²) < 4.78 is 35.2. The van der Waals surface area contributed by atoms with Crippen LogP contribution < -0.4 is 10.1 Å². The zero-order valence-corrected chi connectivity index (χ0v) is 23.9. The largest absolute Gasteiger partial charge is 0.491 e. The number of imide groups is 1. The summed E-state index contributed by atoms with van der Waals surface area (Å²) in [7, 11) is 0. The molecule has 0 spiro atoms.